The minimum Gasteiger partial charge on any atom is -0.478 e. The lowest BCUT2D eigenvalue weighted by Crippen LogP contribution is -2.30. The van der Waals surface area contributed by atoms with E-state index in [0.717, 1.165) is 19.2 Å². The molecule has 1 N–H and O–H groups in total. The maximum atomic E-state index is 10.4. The van der Waals surface area contributed by atoms with E-state index in [1.54, 1.807) is 0 Å². The predicted molar refractivity (Wildman–Crippen MR) is 98.6 cm³/mol. The highest BCUT2D eigenvalue weighted by Gasteiger charge is 2.17. The second-order valence-corrected chi connectivity index (χ2v) is 6.64. The molecular formula is C21H23NO2. The van der Waals surface area contributed by atoms with Crippen molar-refractivity contribution in [1.82, 2.24) is 4.90 Å². The van der Waals surface area contributed by atoms with Gasteiger partial charge in [0.25, 0.3) is 0 Å². The summed E-state index contributed by atoms with van der Waals surface area (Å²) in [6.45, 7) is 5.77. The highest BCUT2D eigenvalue weighted by molar-refractivity contribution is 5.85. The van der Waals surface area contributed by atoms with Gasteiger partial charge in [0.15, 0.2) is 0 Å². The van der Waals surface area contributed by atoms with Crippen molar-refractivity contribution in [3.63, 3.8) is 0 Å². The number of allylic oxidation sites excluding steroid dienone is 1. The maximum absolute atomic E-state index is 10.4. The number of aliphatic carboxylic acids is 1. The first kappa shape index (κ1) is 17.8. The Morgan fingerprint density at radius 1 is 1.21 bits per heavy atom. The van der Waals surface area contributed by atoms with E-state index in [1.165, 1.54) is 22.4 Å². The second-order valence-electron chi connectivity index (χ2n) is 6.64. The van der Waals surface area contributed by atoms with Crippen molar-refractivity contribution in [2.45, 2.75) is 20.4 Å². The lowest BCUT2D eigenvalue weighted by molar-refractivity contribution is -0.131. The zero-order valence-electron chi connectivity index (χ0n) is 14.4. The van der Waals surface area contributed by atoms with Crippen LogP contribution in [0.15, 0.2) is 54.6 Å². The summed E-state index contributed by atoms with van der Waals surface area (Å²) in [6, 6.07) is 14.8. The smallest absolute Gasteiger partial charge is 0.328 e. The molecule has 0 aliphatic heterocycles. The van der Waals surface area contributed by atoms with Gasteiger partial charge in [-0.2, -0.15) is 0 Å². The number of carboxylic acids is 1. The summed E-state index contributed by atoms with van der Waals surface area (Å²) in [5.74, 6) is 4.97. The van der Waals surface area contributed by atoms with Crippen molar-refractivity contribution in [3.8, 4) is 11.8 Å². The average molecular weight is 321 g/mol. The van der Waals surface area contributed by atoms with Crippen LogP contribution in [0, 0.1) is 17.3 Å². The largest absolute Gasteiger partial charge is 0.478 e. The fourth-order valence-electron chi connectivity index (χ4n) is 2.84. The molecule has 0 unspecified atom stereocenters. The van der Waals surface area contributed by atoms with Gasteiger partial charge in [-0.25, -0.2) is 4.79 Å². The number of hydrogen-bond acceptors (Lipinski definition) is 2. The Bertz CT molecular complexity index is 804. The molecule has 0 saturated carbocycles. The van der Waals surface area contributed by atoms with E-state index >= 15 is 0 Å². The van der Waals surface area contributed by atoms with Crippen molar-refractivity contribution in [1.29, 1.82) is 0 Å². The molecule has 2 aromatic rings. The summed E-state index contributed by atoms with van der Waals surface area (Å²) in [6.07, 6.45) is 2.44. The predicted octanol–water partition coefficient (Wildman–Crippen LogP) is 3.94. The molecule has 0 amide bonds. The first-order valence-corrected chi connectivity index (χ1v) is 7.95. The van der Waals surface area contributed by atoms with Gasteiger partial charge >= 0.3 is 5.97 Å². The number of carboxylic acid groups (broad SMARTS) is 1. The van der Waals surface area contributed by atoms with Crippen molar-refractivity contribution in [2.75, 3.05) is 13.6 Å². The Labute approximate surface area is 143 Å². The Hall–Kier alpha value is -2.57. The standard InChI is InChI=1S/C21H23NO2/c1-21(2,14-7-6-13-20(23)24)16-22(3)15-18-11-8-10-17-9-4-5-12-19(17)18/h4-6,8-13H,15-16H2,1-3H3,(H,23,24)/b13-6+. The summed E-state index contributed by atoms with van der Waals surface area (Å²) >= 11 is 0. The van der Waals surface area contributed by atoms with Crippen LogP contribution in [0.5, 0.6) is 0 Å². The minimum atomic E-state index is -0.977. The molecule has 0 bridgehead atoms. The van der Waals surface area contributed by atoms with Crippen LogP contribution >= 0.6 is 0 Å². The number of rotatable bonds is 5. The quantitative estimate of drug-likeness (QED) is 0.670. The topological polar surface area (TPSA) is 40.5 Å². The van der Waals surface area contributed by atoms with Gasteiger partial charge in [0, 0.05) is 24.6 Å². The third-order valence-corrected chi connectivity index (χ3v) is 3.71. The van der Waals surface area contributed by atoms with E-state index in [1.807, 2.05) is 0 Å². The molecule has 0 aliphatic rings. The lowest BCUT2D eigenvalue weighted by Gasteiger charge is -2.26. The molecule has 2 rings (SSSR count). The van der Waals surface area contributed by atoms with Gasteiger partial charge in [-0.15, -0.1) is 0 Å². The Morgan fingerprint density at radius 3 is 2.67 bits per heavy atom. The molecular weight excluding hydrogens is 298 g/mol. The molecule has 0 saturated heterocycles. The molecule has 0 aromatic heterocycles. The highest BCUT2D eigenvalue weighted by atomic mass is 16.4. The van der Waals surface area contributed by atoms with Gasteiger partial charge in [-0.3, -0.25) is 0 Å². The Kier molecular flexibility index (Phi) is 5.78. The zero-order chi connectivity index (χ0) is 17.6. The molecule has 0 aliphatic carbocycles. The van der Waals surface area contributed by atoms with E-state index in [2.05, 4.69) is 80.1 Å². The van der Waals surface area contributed by atoms with Gasteiger partial charge < -0.3 is 10.0 Å². The molecule has 3 nitrogen and oxygen atoms in total. The first-order valence-electron chi connectivity index (χ1n) is 7.95. The number of fused-ring (bicyclic) bond motifs is 1. The van der Waals surface area contributed by atoms with Crippen LogP contribution in [-0.4, -0.2) is 29.6 Å². The van der Waals surface area contributed by atoms with Gasteiger partial charge in [0.1, 0.15) is 0 Å². The fraction of sp³-hybridized carbons (Fsp3) is 0.286. The third-order valence-electron chi connectivity index (χ3n) is 3.71. The molecule has 0 fully saturated rings. The van der Waals surface area contributed by atoms with E-state index in [4.69, 9.17) is 5.11 Å². The fourth-order valence-corrected chi connectivity index (χ4v) is 2.84. The van der Waals surface area contributed by atoms with Gasteiger partial charge in [0.05, 0.1) is 0 Å². The first-order chi connectivity index (χ1) is 11.4. The molecule has 24 heavy (non-hydrogen) atoms. The molecule has 0 spiro atoms. The Morgan fingerprint density at radius 2 is 1.92 bits per heavy atom. The van der Waals surface area contributed by atoms with Crippen molar-refractivity contribution in [2.24, 2.45) is 5.41 Å². The number of carbonyl (C=O) groups is 1. The van der Waals surface area contributed by atoms with Crippen LogP contribution in [-0.2, 0) is 11.3 Å². The summed E-state index contributed by atoms with van der Waals surface area (Å²) < 4.78 is 0. The maximum Gasteiger partial charge on any atom is 0.328 e. The summed E-state index contributed by atoms with van der Waals surface area (Å²) in [5.41, 5.74) is 1.08. The average Bonchev–Trinajstić information content (AvgIpc) is 2.51. The van der Waals surface area contributed by atoms with Crippen LogP contribution < -0.4 is 0 Å². The monoisotopic (exact) mass is 321 g/mol. The normalized spacial score (nSPS) is 11.7. The SMILES string of the molecule is CN(Cc1cccc2ccccc12)CC(C)(C)C#C/C=C/C(=O)O. The molecule has 0 radical (unpaired) electrons. The van der Waals surface area contributed by atoms with Crippen LogP contribution in [0.2, 0.25) is 0 Å². The lowest BCUT2D eigenvalue weighted by atomic mass is 9.93. The van der Waals surface area contributed by atoms with Crippen molar-refractivity contribution < 1.29 is 9.90 Å². The molecule has 3 heteroatoms. The van der Waals surface area contributed by atoms with Crippen molar-refractivity contribution in [3.05, 3.63) is 60.2 Å². The number of nitrogens with zero attached hydrogens (tertiary/aromatic N) is 1. The number of hydrogen-bond donors (Lipinski definition) is 1. The van der Waals surface area contributed by atoms with Crippen LogP contribution in [0.3, 0.4) is 0 Å². The van der Waals surface area contributed by atoms with Crippen molar-refractivity contribution >= 4 is 16.7 Å². The Balaban J connectivity index is 2.06. The summed E-state index contributed by atoms with van der Waals surface area (Å²) in [7, 11) is 2.08. The van der Waals surface area contributed by atoms with Gasteiger partial charge in [-0.05, 0) is 43.3 Å². The third kappa shape index (κ3) is 5.26. The number of benzene rings is 2. The van der Waals surface area contributed by atoms with E-state index in [0.29, 0.717) is 0 Å². The van der Waals surface area contributed by atoms with E-state index < -0.39 is 5.97 Å². The minimum absolute atomic E-state index is 0.220. The van der Waals surface area contributed by atoms with Gasteiger partial charge in [-0.1, -0.05) is 54.3 Å². The summed E-state index contributed by atoms with van der Waals surface area (Å²) in [4.78, 5) is 12.7. The molecule has 0 heterocycles. The van der Waals surface area contributed by atoms with Crippen LogP contribution in [0.4, 0.5) is 0 Å². The molecule has 124 valence electrons. The molecule has 2 aromatic carbocycles. The van der Waals surface area contributed by atoms with E-state index in [9.17, 15) is 4.79 Å². The summed E-state index contributed by atoms with van der Waals surface area (Å²) in [5, 5.41) is 11.1. The highest BCUT2D eigenvalue weighted by Crippen LogP contribution is 2.21. The van der Waals surface area contributed by atoms with Crippen LogP contribution in [0.1, 0.15) is 19.4 Å². The second kappa shape index (κ2) is 7.81. The molecule has 0 atom stereocenters. The zero-order valence-corrected chi connectivity index (χ0v) is 14.4. The van der Waals surface area contributed by atoms with E-state index in [-0.39, 0.29) is 5.41 Å². The van der Waals surface area contributed by atoms with Crippen LogP contribution in [0.25, 0.3) is 10.8 Å². The van der Waals surface area contributed by atoms with Gasteiger partial charge in [0.2, 0.25) is 0 Å².